The fraction of sp³-hybridized carbons (Fsp3) is 0.188. The first-order valence-electron chi connectivity index (χ1n) is 6.46. The highest BCUT2D eigenvalue weighted by Crippen LogP contribution is 2.23. The van der Waals surface area contributed by atoms with Gasteiger partial charge in [-0.25, -0.2) is 0 Å². The molecule has 0 aliphatic carbocycles. The van der Waals surface area contributed by atoms with Crippen LogP contribution in [0.2, 0.25) is 0 Å². The van der Waals surface area contributed by atoms with Crippen molar-refractivity contribution in [1.82, 2.24) is 5.32 Å². The van der Waals surface area contributed by atoms with E-state index in [-0.39, 0.29) is 6.04 Å². The van der Waals surface area contributed by atoms with Crippen molar-refractivity contribution in [2.75, 3.05) is 12.4 Å². The molecule has 0 unspecified atom stereocenters. The maximum Gasteiger partial charge on any atom is 0.171 e. The summed E-state index contributed by atoms with van der Waals surface area (Å²) in [6.45, 7) is 2.07. The molecule has 104 valence electrons. The molecule has 0 heterocycles. The molecule has 20 heavy (non-hydrogen) atoms. The molecule has 0 aromatic heterocycles. The van der Waals surface area contributed by atoms with Gasteiger partial charge in [0.2, 0.25) is 0 Å². The minimum atomic E-state index is 0.144. The third-order valence-electron chi connectivity index (χ3n) is 3.00. The lowest BCUT2D eigenvalue weighted by Crippen LogP contribution is -2.31. The fourth-order valence-electron chi connectivity index (χ4n) is 1.93. The number of anilines is 1. The Morgan fingerprint density at radius 3 is 2.40 bits per heavy atom. The van der Waals surface area contributed by atoms with Crippen LogP contribution in [0.5, 0.6) is 5.75 Å². The highest BCUT2D eigenvalue weighted by molar-refractivity contribution is 7.80. The van der Waals surface area contributed by atoms with E-state index in [9.17, 15) is 0 Å². The Morgan fingerprint density at radius 1 is 1.05 bits per heavy atom. The highest BCUT2D eigenvalue weighted by atomic mass is 32.1. The number of nitrogens with one attached hydrogen (secondary N) is 2. The Labute approximate surface area is 125 Å². The number of hydrogen-bond acceptors (Lipinski definition) is 2. The van der Waals surface area contributed by atoms with Crippen molar-refractivity contribution in [3.05, 3.63) is 60.2 Å². The van der Waals surface area contributed by atoms with Gasteiger partial charge in [0, 0.05) is 0 Å². The van der Waals surface area contributed by atoms with E-state index < -0.39 is 0 Å². The summed E-state index contributed by atoms with van der Waals surface area (Å²) in [6.07, 6.45) is 0. The van der Waals surface area contributed by atoms with E-state index in [1.54, 1.807) is 7.11 Å². The average Bonchev–Trinajstić information content (AvgIpc) is 2.48. The number of hydrogen-bond donors (Lipinski definition) is 2. The molecule has 0 spiro atoms. The summed E-state index contributed by atoms with van der Waals surface area (Å²) in [5, 5.41) is 6.99. The minimum Gasteiger partial charge on any atom is -0.495 e. The Kier molecular flexibility index (Phi) is 4.96. The van der Waals surface area contributed by atoms with Crippen molar-refractivity contribution in [2.24, 2.45) is 0 Å². The molecule has 2 N–H and O–H groups in total. The summed E-state index contributed by atoms with van der Waals surface area (Å²) in [5.41, 5.74) is 2.05. The summed E-state index contributed by atoms with van der Waals surface area (Å²) < 4.78 is 5.29. The molecule has 2 aromatic carbocycles. The molecule has 0 radical (unpaired) electrons. The maximum absolute atomic E-state index is 5.34. The van der Waals surface area contributed by atoms with Crippen molar-refractivity contribution in [1.29, 1.82) is 0 Å². The van der Waals surface area contributed by atoms with Crippen LogP contribution in [0.4, 0.5) is 5.69 Å². The van der Waals surface area contributed by atoms with Gasteiger partial charge in [0.1, 0.15) is 5.75 Å². The van der Waals surface area contributed by atoms with Crippen LogP contribution in [0.25, 0.3) is 0 Å². The summed E-state index contributed by atoms with van der Waals surface area (Å²) in [6, 6.07) is 18.0. The molecule has 4 heteroatoms. The summed E-state index contributed by atoms with van der Waals surface area (Å²) in [7, 11) is 1.64. The number of rotatable bonds is 4. The first-order chi connectivity index (χ1) is 9.70. The zero-order chi connectivity index (χ0) is 14.4. The maximum atomic E-state index is 5.34. The van der Waals surface area contributed by atoms with Crippen LogP contribution in [0.3, 0.4) is 0 Å². The smallest absolute Gasteiger partial charge is 0.171 e. The van der Waals surface area contributed by atoms with Gasteiger partial charge in [0.15, 0.2) is 5.11 Å². The molecule has 0 saturated heterocycles. The Morgan fingerprint density at radius 2 is 1.70 bits per heavy atom. The molecule has 2 aromatic rings. The third-order valence-corrected chi connectivity index (χ3v) is 3.22. The van der Waals surface area contributed by atoms with E-state index in [0.717, 1.165) is 11.4 Å². The molecular formula is C16H18N2OS. The van der Waals surface area contributed by atoms with Crippen LogP contribution >= 0.6 is 12.2 Å². The number of ether oxygens (including phenoxy) is 1. The Hall–Kier alpha value is -2.07. The molecular weight excluding hydrogens is 268 g/mol. The molecule has 3 nitrogen and oxygen atoms in total. The molecule has 0 aliphatic heterocycles. The van der Waals surface area contributed by atoms with Gasteiger partial charge < -0.3 is 15.4 Å². The van der Waals surface area contributed by atoms with Crippen LogP contribution in [-0.4, -0.2) is 12.2 Å². The van der Waals surface area contributed by atoms with Gasteiger partial charge in [-0.3, -0.25) is 0 Å². The van der Waals surface area contributed by atoms with Crippen LogP contribution in [0.1, 0.15) is 18.5 Å². The first-order valence-corrected chi connectivity index (χ1v) is 6.87. The van der Waals surface area contributed by atoms with Crippen LogP contribution < -0.4 is 15.4 Å². The van der Waals surface area contributed by atoms with Crippen LogP contribution in [0.15, 0.2) is 54.6 Å². The summed E-state index contributed by atoms with van der Waals surface area (Å²) in [4.78, 5) is 0. The number of benzene rings is 2. The van der Waals surface area contributed by atoms with E-state index in [1.807, 2.05) is 42.5 Å². The third kappa shape index (κ3) is 3.71. The van der Waals surface area contributed by atoms with Gasteiger partial charge in [-0.1, -0.05) is 42.5 Å². The van der Waals surface area contributed by atoms with Crippen molar-refractivity contribution >= 4 is 23.0 Å². The predicted octanol–water partition coefficient (Wildman–Crippen LogP) is 3.74. The highest BCUT2D eigenvalue weighted by Gasteiger charge is 2.08. The zero-order valence-corrected chi connectivity index (χ0v) is 12.4. The van der Waals surface area contributed by atoms with Crippen molar-refractivity contribution in [3.8, 4) is 5.75 Å². The minimum absolute atomic E-state index is 0.144. The number of methoxy groups -OCH3 is 1. The predicted molar refractivity (Wildman–Crippen MR) is 87.2 cm³/mol. The second-order valence-electron chi connectivity index (χ2n) is 4.43. The fourth-order valence-corrected chi connectivity index (χ4v) is 2.21. The molecule has 0 fully saturated rings. The molecule has 0 amide bonds. The number of para-hydroxylation sites is 2. The van der Waals surface area contributed by atoms with Gasteiger partial charge in [-0.15, -0.1) is 0 Å². The molecule has 0 saturated carbocycles. The summed E-state index contributed by atoms with van der Waals surface area (Å²) >= 11 is 5.34. The largest absolute Gasteiger partial charge is 0.495 e. The van der Waals surface area contributed by atoms with E-state index in [0.29, 0.717) is 5.11 Å². The molecule has 2 rings (SSSR count). The normalized spacial score (nSPS) is 11.5. The van der Waals surface area contributed by atoms with Gasteiger partial charge >= 0.3 is 0 Å². The van der Waals surface area contributed by atoms with E-state index in [4.69, 9.17) is 17.0 Å². The van der Waals surface area contributed by atoms with E-state index >= 15 is 0 Å². The topological polar surface area (TPSA) is 33.3 Å². The summed E-state index contributed by atoms with van der Waals surface area (Å²) in [5.74, 6) is 0.768. The van der Waals surface area contributed by atoms with E-state index in [1.165, 1.54) is 5.56 Å². The van der Waals surface area contributed by atoms with Crippen molar-refractivity contribution in [2.45, 2.75) is 13.0 Å². The monoisotopic (exact) mass is 286 g/mol. The van der Waals surface area contributed by atoms with Crippen molar-refractivity contribution in [3.63, 3.8) is 0 Å². The van der Waals surface area contributed by atoms with Crippen molar-refractivity contribution < 1.29 is 4.74 Å². The Bertz CT molecular complexity index is 572. The lowest BCUT2D eigenvalue weighted by Gasteiger charge is -2.18. The van der Waals surface area contributed by atoms with Crippen LogP contribution in [0, 0.1) is 0 Å². The first kappa shape index (κ1) is 14.3. The quantitative estimate of drug-likeness (QED) is 0.839. The standard InChI is InChI=1S/C16H18N2OS/c1-12(13-8-4-3-5-9-13)17-16(20)18-14-10-6-7-11-15(14)19-2/h3-12H,1-2H3,(H2,17,18,20)/t12-/m0/s1. The molecule has 0 bridgehead atoms. The number of thiocarbonyl (C=S) groups is 1. The molecule has 1 atom stereocenters. The SMILES string of the molecule is COc1ccccc1NC(=S)N[C@@H](C)c1ccccc1. The van der Waals surface area contributed by atoms with Gasteiger partial charge in [-0.2, -0.15) is 0 Å². The van der Waals surface area contributed by atoms with Gasteiger partial charge in [0.05, 0.1) is 18.8 Å². The zero-order valence-electron chi connectivity index (χ0n) is 11.6. The van der Waals surface area contributed by atoms with Crippen LogP contribution in [-0.2, 0) is 0 Å². The van der Waals surface area contributed by atoms with Gasteiger partial charge in [-0.05, 0) is 36.8 Å². The molecule has 0 aliphatic rings. The lowest BCUT2D eigenvalue weighted by atomic mass is 10.1. The Balaban J connectivity index is 1.99. The lowest BCUT2D eigenvalue weighted by molar-refractivity contribution is 0.417. The second kappa shape index (κ2) is 6.91. The van der Waals surface area contributed by atoms with E-state index in [2.05, 4.69) is 29.7 Å². The second-order valence-corrected chi connectivity index (χ2v) is 4.84. The van der Waals surface area contributed by atoms with Gasteiger partial charge in [0.25, 0.3) is 0 Å². The average molecular weight is 286 g/mol.